The first-order valence-electron chi connectivity index (χ1n) is 6.14. The Balaban J connectivity index is 3.45. The second-order valence-electron chi connectivity index (χ2n) is 4.58. The van der Waals surface area contributed by atoms with Gasteiger partial charge in [0.15, 0.2) is 11.5 Å². The van der Waals surface area contributed by atoms with Gasteiger partial charge in [0, 0.05) is 5.56 Å². The van der Waals surface area contributed by atoms with E-state index in [-0.39, 0.29) is 5.69 Å². The standard InChI is InChI=1S/C13H19FN4O/c1-3-4-6-9-7-5-8-10(14)11(9)18(2,12(15)16)13(17)19/h5,7-8H,3-4,6H2,1-2H3,(H4-,15,16,17,19)/p+1. The summed E-state index contributed by atoms with van der Waals surface area (Å²) in [6.45, 7) is 2.02. The number of primary amides is 1. The summed E-state index contributed by atoms with van der Waals surface area (Å²) in [5, 5.41) is 7.57. The molecule has 0 spiro atoms. The topological polar surface area (TPSA) is 93.0 Å². The molecule has 1 aromatic carbocycles. The van der Waals surface area contributed by atoms with Gasteiger partial charge in [-0.2, -0.15) is 0 Å². The number of urea groups is 1. The van der Waals surface area contributed by atoms with Crippen LogP contribution in [0.1, 0.15) is 25.3 Å². The maximum atomic E-state index is 14.1. The normalized spacial score (nSPS) is 13.8. The molecule has 2 amide bonds. The van der Waals surface area contributed by atoms with Gasteiger partial charge in [-0.05, 0) is 18.9 Å². The van der Waals surface area contributed by atoms with Crippen LogP contribution in [0.5, 0.6) is 0 Å². The summed E-state index contributed by atoms with van der Waals surface area (Å²) in [7, 11) is 1.33. The average molecular weight is 267 g/mol. The maximum absolute atomic E-state index is 14.1. The molecule has 0 fully saturated rings. The Morgan fingerprint density at radius 1 is 1.42 bits per heavy atom. The van der Waals surface area contributed by atoms with Gasteiger partial charge in [-0.1, -0.05) is 25.5 Å². The monoisotopic (exact) mass is 267 g/mol. The van der Waals surface area contributed by atoms with Crippen molar-refractivity contribution in [1.82, 2.24) is 4.48 Å². The van der Waals surface area contributed by atoms with Crippen molar-refractivity contribution in [2.24, 2.45) is 11.5 Å². The van der Waals surface area contributed by atoms with Gasteiger partial charge in [0.2, 0.25) is 0 Å². The molecule has 0 radical (unpaired) electrons. The lowest BCUT2D eigenvalue weighted by Crippen LogP contribution is -2.61. The van der Waals surface area contributed by atoms with Gasteiger partial charge in [0.1, 0.15) is 0 Å². The molecule has 0 aromatic heterocycles. The molecule has 0 heterocycles. The molecule has 6 heteroatoms. The van der Waals surface area contributed by atoms with E-state index < -0.39 is 22.3 Å². The highest BCUT2D eigenvalue weighted by molar-refractivity contribution is 6.07. The second kappa shape index (κ2) is 5.79. The van der Waals surface area contributed by atoms with Crippen LogP contribution in [-0.4, -0.2) is 19.0 Å². The number of nitrogens with two attached hydrogens (primary N) is 2. The van der Waals surface area contributed by atoms with Crippen molar-refractivity contribution < 1.29 is 9.18 Å². The van der Waals surface area contributed by atoms with E-state index in [0.29, 0.717) is 12.0 Å². The Kier molecular flexibility index (Phi) is 4.61. The maximum Gasteiger partial charge on any atom is 0.426 e. The molecule has 1 unspecified atom stereocenters. The molecule has 0 aliphatic heterocycles. The summed E-state index contributed by atoms with van der Waals surface area (Å²) in [6, 6.07) is 3.68. The highest BCUT2D eigenvalue weighted by Crippen LogP contribution is 2.30. The Bertz CT molecular complexity index is 487. The molecule has 0 bridgehead atoms. The fraction of sp³-hybridized carbons (Fsp3) is 0.385. The van der Waals surface area contributed by atoms with Crippen molar-refractivity contribution in [1.29, 1.82) is 5.41 Å². The summed E-state index contributed by atoms with van der Waals surface area (Å²) < 4.78 is 13.3. The first-order valence-corrected chi connectivity index (χ1v) is 6.14. The lowest BCUT2D eigenvalue weighted by Gasteiger charge is -2.28. The lowest BCUT2D eigenvalue weighted by atomic mass is 10.0. The third kappa shape index (κ3) is 2.73. The fourth-order valence-electron chi connectivity index (χ4n) is 1.98. The van der Waals surface area contributed by atoms with Crippen molar-refractivity contribution in [3.63, 3.8) is 0 Å². The number of carbonyl (C=O) groups is 1. The SMILES string of the molecule is CCCCc1cccc(F)c1[N+](C)(C(=N)N)C(N)=O. The zero-order chi connectivity index (χ0) is 14.6. The number of nitrogens with zero attached hydrogens (tertiary/aromatic N) is 1. The molecule has 0 saturated carbocycles. The Labute approximate surface area is 112 Å². The van der Waals surface area contributed by atoms with Gasteiger partial charge in [-0.15, -0.1) is 4.48 Å². The summed E-state index contributed by atoms with van der Waals surface area (Å²) in [5.74, 6) is -1.08. The minimum Gasteiger partial charge on any atom is -0.337 e. The first kappa shape index (κ1) is 15.1. The van der Waals surface area contributed by atoms with Crippen LogP contribution in [-0.2, 0) is 6.42 Å². The second-order valence-corrected chi connectivity index (χ2v) is 4.58. The number of rotatable bonds is 4. The third-order valence-corrected chi connectivity index (χ3v) is 3.24. The van der Waals surface area contributed by atoms with Crippen molar-refractivity contribution in [3.8, 4) is 0 Å². The Hall–Kier alpha value is -1.95. The van der Waals surface area contributed by atoms with Crippen molar-refractivity contribution in [3.05, 3.63) is 29.6 Å². The van der Waals surface area contributed by atoms with E-state index in [9.17, 15) is 9.18 Å². The van der Waals surface area contributed by atoms with Crippen LogP contribution in [0.15, 0.2) is 18.2 Å². The number of benzene rings is 1. The number of amides is 2. The van der Waals surface area contributed by atoms with Gasteiger partial charge in [-0.25, -0.2) is 14.6 Å². The van der Waals surface area contributed by atoms with Gasteiger partial charge in [0.05, 0.1) is 7.05 Å². The van der Waals surface area contributed by atoms with Crippen molar-refractivity contribution in [2.75, 3.05) is 7.05 Å². The zero-order valence-corrected chi connectivity index (χ0v) is 11.2. The number of carbonyl (C=O) groups excluding carboxylic acids is 1. The number of hydrogen-bond donors (Lipinski definition) is 3. The number of nitrogens with one attached hydrogen (secondary N) is 1. The zero-order valence-electron chi connectivity index (χ0n) is 11.2. The highest BCUT2D eigenvalue weighted by Gasteiger charge is 2.41. The van der Waals surface area contributed by atoms with E-state index in [0.717, 1.165) is 12.8 Å². The summed E-state index contributed by atoms with van der Waals surface area (Å²) in [6.07, 6.45) is 2.40. The Morgan fingerprint density at radius 2 is 2.05 bits per heavy atom. The Morgan fingerprint density at radius 3 is 2.53 bits per heavy atom. The number of guanidine groups is 1. The van der Waals surface area contributed by atoms with Crippen molar-refractivity contribution >= 4 is 17.7 Å². The molecule has 104 valence electrons. The van der Waals surface area contributed by atoms with E-state index in [1.165, 1.54) is 13.1 Å². The van der Waals surface area contributed by atoms with E-state index in [1.54, 1.807) is 12.1 Å². The molecule has 1 atom stereocenters. The highest BCUT2D eigenvalue weighted by atomic mass is 19.1. The van der Waals surface area contributed by atoms with Crippen LogP contribution in [0.2, 0.25) is 0 Å². The molecule has 5 nitrogen and oxygen atoms in total. The number of quaternary nitrogens is 1. The number of para-hydroxylation sites is 1. The van der Waals surface area contributed by atoms with Crippen LogP contribution >= 0.6 is 0 Å². The summed E-state index contributed by atoms with van der Waals surface area (Å²) in [4.78, 5) is 11.6. The van der Waals surface area contributed by atoms with Crippen LogP contribution in [0.25, 0.3) is 0 Å². The molecule has 0 saturated heterocycles. The van der Waals surface area contributed by atoms with Gasteiger partial charge >= 0.3 is 12.0 Å². The van der Waals surface area contributed by atoms with E-state index >= 15 is 0 Å². The largest absolute Gasteiger partial charge is 0.426 e. The van der Waals surface area contributed by atoms with Crippen molar-refractivity contribution in [2.45, 2.75) is 26.2 Å². The molecular formula is C13H20FN4O+. The van der Waals surface area contributed by atoms with E-state index in [1.807, 2.05) is 6.92 Å². The number of unbranched alkanes of at least 4 members (excludes halogenated alkanes) is 1. The molecule has 1 aromatic rings. The smallest absolute Gasteiger partial charge is 0.337 e. The molecule has 0 aliphatic carbocycles. The predicted molar refractivity (Wildman–Crippen MR) is 74.2 cm³/mol. The van der Waals surface area contributed by atoms with Gasteiger partial charge < -0.3 is 11.5 Å². The number of halogens is 1. The summed E-state index contributed by atoms with van der Waals surface area (Å²) >= 11 is 0. The average Bonchev–Trinajstić information content (AvgIpc) is 2.34. The molecule has 1 rings (SSSR count). The van der Waals surface area contributed by atoms with E-state index in [4.69, 9.17) is 16.9 Å². The minimum absolute atomic E-state index is 0.0657. The summed E-state index contributed by atoms with van der Waals surface area (Å²) in [5.41, 5.74) is 11.5. The number of aryl methyl sites for hydroxylation is 1. The molecular weight excluding hydrogens is 247 g/mol. The fourth-order valence-corrected chi connectivity index (χ4v) is 1.98. The predicted octanol–water partition coefficient (Wildman–Crippen LogP) is 2.08. The van der Waals surface area contributed by atoms with Crippen LogP contribution < -0.4 is 16.0 Å². The van der Waals surface area contributed by atoms with E-state index in [2.05, 4.69) is 0 Å². The first-order chi connectivity index (χ1) is 8.85. The quantitative estimate of drug-likeness (QED) is 0.442. The number of hydrogen-bond acceptors (Lipinski definition) is 2. The molecule has 5 N–H and O–H groups in total. The van der Waals surface area contributed by atoms with Gasteiger partial charge in [-0.3, -0.25) is 0 Å². The van der Waals surface area contributed by atoms with Gasteiger partial charge in [0.25, 0.3) is 0 Å². The molecule has 19 heavy (non-hydrogen) atoms. The minimum atomic E-state index is -0.879. The molecule has 0 aliphatic rings. The lowest BCUT2D eigenvalue weighted by molar-refractivity contribution is 0.234. The van der Waals surface area contributed by atoms with Crippen LogP contribution in [0, 0.1) is 11.2 Å². The van der Waals surface area contributed by atoms with Crippen LogP contribution in [0.3, 0.4) is 0 Å². The van der Waals surface area contributed by atoms with Crippen LogP contribution in [0.4, 0.5) is 14.9 Å². The third-order valence-electron chi connectivity index (χ3n) is 3.24.